The van der Waals surface area contributed by atoms with E-state index in [0.717, 1.165) is 41.8 Å². The Hall–Kier alpha value is -3.00. The lowest BCUT2D eigenvalue weighted by Crippen LogP contribution is -2.38. The fraction of sp³-hybridized carbons (Fsp3) is 0.483. The standard InChI is InChI=1S/C29H39N3O4S/c1-29(2,3)22-11-9-20(10-12-22)26(32-28(36)31-23-13-15-24(37-4)16-14-23)19-5-7-21(8-6-19)27(35)30-18-17-25(33)34/h5-8,13-16,20,22,26H,9-12,17-18H2,1-4H3,(H,30,35)(H,33,34)(H2,31,32,36). The number of carboxylic acid groups (broad SMARTS) is 1. The SMILES string of the molecule is CSc1ccc(NC(=O)NC(c2ccc(C(=O)NCCC(=O)O)cc2)C2CCC(C(C)(C)C)CC2)cc1. The highest BCUT2D eigenvalue weighted by Gasteiger charge is 2.34. The second-order valence-corrected chi connectivity index (χ2v) is 11.7. The van der Waals surface area contributed by atoms with Gasteiger partial charge in [-0.15, -0.1) is 11.8 Å². The van der Waals surface area contributed by atoms with Gasteiger partial charge in [0.2, 0.25) is 0 Å². The van der Waals surface area contributed by atoms with E-state index < -0.39 is 5.97 Å². The summed E-state index contributed by atoms with van der Waals surface area (Å²) < 4.78 is 0. The van der Waals surface area contributed by atoms with Gasteiger partial charge in [-0.2, -0.15) is 0 Å². The molecule has 0 radical (unpaired) electrons. The van der Waals surface area contributed by atoms with E-state index in [1.165, 1.54) is 0 Å². The minimum absolute atomic E-state index is 0.0786. The molecule has 0 saturated heterocycles. The zero-order valence-corrected chi connectivity index (χ0v) is 23.0. The molecule has 1 aliphatic rings. The van der Waals surface area contributed by atoms with E-state index in [-0.39, 0.29) is 36.4 Å². The number of hydrogen-bond donors (Lipinski definition) is 4. The van der Waals surface area contributed by atoms with Crippen LogP contribution in [0.3, 0.4) is 0 Å². The van der Waals surface area contributed by atoms with Crippen molar-refractivity contribution in [3.8, 4) is 0 Å². The van der Waals surface area contributed by atoms with Gasteiger partial charge < -0.3 is 21.1 Å². The van der Waals surface area contributed by atoms with E-state index in [1.807, 2.05) is 42.7 Å². The molecule has 3 amide bonds. The van der Waals surface area contributed by atoms with Crippen molar-refractivity contribution < 1.29 is 19.5 Å². The first kappa shape index (κ1) is 28.6. The molecule has 2 aromatic carbocycles. The Labute approximate surface area is 224 Å². The molecule has 7 nitrogen and oxygen atoms in total. The maximum Gasteiger partial charge on any atom is 0.319 e. The summed E-state index contributed by atoms with van der Waals surface area (Å²) in [6, 6.07) is 14.6. The second-order valence-electron chi connectivity index (χ2n) is 10.8. The summed E-state index contributed by atoms with van der Waals surface area (Å²) >= 11 is 1.65. The Kier molecular flexibility index (Phi) is 10.0. The lowest BCUT2D eigenvalue weighted by molar-refractivity contribution is -0.136. The van der Waals surface area contributed by atoms with Crippen LogP contribution in [-0.2, 0) is 4.79 Å². The molecule has 1 saturated carbocycles. The number of aliphatic carboxylic acids is 1. The minimum atomic E-state index is -0.954. The van der Waals surface area contributed by atoms with Gasteiger partial charge >= 0.3 is 12.0 Å². The topological polar surface area (TPSA) is 108 Å². The highest BCUT2D eigenvalue weighted by molar-refractivity contribution is 7.98. The zero-order valence-electron chi connectivity index (χ0n) is 22.2. The number of carbonyl (C=O) groups is 3. The number of urea groups is 1. The number of carboxylic acids is 1. The molecule has 37 heavy (non-hydrogen) atoms. The van der Waals surface area contributed by atoms with Crippen LogP contribution < -0.4 is 16.0 Å². The van der Waals surface area contributed by atoms with Crippen molar-refractivity contribution in [3.63, 3.8) is 0 Å². The zero-order chi connectivity index (χ0) is 27.0. The summed E-state index contributed by atoms with van der Waals surface area (Å²) in [6.45, 7) is 6.96. The lowest BCUT2D eigenvalue weighted by Gasteiger charge is -2.39. The number of thioether (sulfide) groups is 1. The van der Waals surface area contributed by atoms with E-state index in [0.29, 0.717) is 17.4 Å². The maximum absolute atomic E-state index is 13.0. The number of nitrogens with one attached hydrogen (secondary N) is 3. The van der Waals surface area contributed by atoms with Gasteiger partial charge in [-0.3, -0.25) is 9.59 Å². The Morgan fingerprint density at radius 3 is 2.14 bits per heavy atom. The monoisotopic (exact) mass is 525 g/mol. The van der Waals surface area contributed by atoms with Crippen LogP contribution in [-0.4, -0.2) is 35.8 Å². The third-order valence-corrected chi connectivity index (χ3v) is 8.00. The Morgan fingerprint density at radius 2 is 1.59 bits per heavy atom. The van der Waals surface area contributed by atoms with E-state index in [2.05, 4.69) is 36.7 Å². The maximum atomic E-state index is 13.0. The van der Waals surface area contributed by atoms with Gasteiger partial charge in [-0.1, -0.05) is 32.9 Å². The molecule has 0 aromatic heterocycles. The molecule has 3 rings (SSSR count). The number of rotatable bonds is 9. The molecule has 0 bridgehead atoms. The van der Waals surface area contributed by atoms with Gasteiger partial charge in [0.1, 0.15) is 0 Å². The average Bonchev–Trinajstić information content (AvgIpc) is 2.87. The van der Waals surface area contributed by atoms with Crippen molar-refractivity contribution >= 4 is 35.4 Å². The van der Waals surface area contributed by atoms with Crippen LogP contribution in [0.25, 0.3) is 0 Å². The molecule has 0 aliphatic heterocycles. The summed E-state index contributed by atoms with van der Waals surface area (Å²) in [6.07, 6.45) is 6.17. The molecule has 200 valence electrons. The van der Waals surface area contributed by atoms with Crippen LogP contribution >= 0.6 is 11.8 Å². The molecular formula is C29H39N3O4S. The molecule has 0 spiro atoms. The number of amides is 3. The van der Waals surface area contributed by atoms with Crippen molar-refractivity contribution in [3.05, 3.63) is 59.7 Å². The third-order valence-electron chi connectivity index (χ3n) is 7.26. The quantitative estimate of drug-likeness (QED) is 0.286. The fourth-order valence-electron chi connectivity index (χ4n) is 5.00. The van der Waals surface area contributed by atoms with Gasteiger partial charge in [0.25, 0.3) is 5.91 Å². The van der Waals surface area contributed by atoms with Crippen molar-refractivity contribution in [2.45, 2.75) is 63.8 Å². The number of benzene rings is 2. The van der Waals surface area contributed by atoms with Crippen LogP contribution in [0, 0.1) is 17.3 Å². The van der Waals surface area contributed by atoms with Crippen LogP contribution in [0.15, 0.2) is 53.4 Å². The van der Waals surface area contributed by atoms with E-state index in [1.54, 1.807) is 23.9 Å². The molecule has 1 atom stereocenters. The van der Waals surface area contributed by atoms with Crippen molar-refractivity contribution in [2.75, 3.05) is 18.1 Å². The van der Waals surface area contributed by atoms with E-state index in [4.69, 9.17) is 5.11 Å². The Balaban J connectivity index is 1.73. The van der Waals surface area contributed by atoms with E-state index >= 15 is 0 Å². The summed E-state index contributed by atoms with van der Waals surface area (Å²) in [5.74, 6) is -0.317. The smallest absolute Gasteiger partial charge is 0.319 e. The second kappa shape index (κ2) is 13.0. The van der Waals surface area contributed by atoms with Gasteiger partial charge in [0.05, 0.1) is 12.5 Å². The molecule has 1 unspecified atom stereocenters. The van der Waals surface area contributed by atoms with E-state index in [9.17, 15) is 14.4 Å². The largest absolute Gasteiger partial charge is 0.481 e. The Bertz CT molecular complexity index is 1060. The summed E-state index contributed by atoms with van der Waals surface area (Å²) in [4.78, 5) is 37.2. The van der Waals surface area contributed by atoms with Gasteiger partial charge in [-0.05, 0) is 91.2 Å². The van der Waals surface area contributed by atoms with Crippen LogP contribution in [0.1, 0.15) is 74.8 Å². The van der Waals surface area contributed by atoms with Gasteiger partial charge in [-0.25, -0.2) is 4.79 Å². The highest BCUT2D eigenvalue weighted by atomic mass is 32.2. The first-order valence-corrected chi connectivity index (χ1v) is 14.1. The minimum Gasteiger partial charge on any atom is -0.481 e. The number of anilines is 1. The summed E-state index contributed by atoms with van der Waals surface area (Å²) in [5.41, 5.74) is 2.42. The lowest BCUT2D eigenvalue weighted by atomic mass is 9.68. The van der Waals surface area contributed by atoms with Crippen LogP contribution in [0.2, 0.25) is 0 Å². The van der Waals surface area contributed by atoms with Gasteiger partial charge in [0, 0.05) is 22.7 Å². The number of carbonyl (C=O) groups excluding carboxylic acids is 2. The number of hydrogen-bond acceptors (Lipinski definition) is 4. The predicted molar refractivity (Wildman–Crippen MR) is 149 cm³/mol. The molecule has 2 aromatic rings. The molecular weight excluding hydrogens is 486 g/mol. The molecule has 4 N–H and O–H groups in total. The van der Waals surface area contributed by atoms with Crippen molar-refractivity contribution in [1.82, 2.24) is 10.6 Å². The first-order valence-electron chi connectivity index (χ1n) is 12.9. The van der Waals surface area contributed by atoms with Crippen molar-refractivity contribution in [1.29, 1.82) is 0 Å². The fourth-order valence-corrected chi connectivity index (χ4v) is 5.41. The first-order chi connectivity index (χ1) is 17.6. The Morgan fingerprint density at radius 1 is 0.973 bits per heavy atom. The molecule has 1 aliphatic carbocycles. The highest BCUT2D eigenvalue weighted by Crippen LogP contribution is 2.43. The van der Waals surface area contributed by atoms with Gasteiger partial charge in [0.15, 0.2) is 0 Å². The predicted octanol–water partition coefficient (Wildman–Crippen LogP) is 6.33. The average molecular weight is 526 g/mol. The third kappa shape index (κ3) is 8.52. The molecule has 0 heterocycles. The summed E-state index contributed by atoms with van der Waals surface area (Å²) in [7, 11) is 0. The van der Waals surface area contributed by atoms with Crippen LogP contribution in [0.4, 0.5) is 10.5 Å². The molecule has 1 fully saturated rings. The van der Waals surface area contributed by atoms with Crippen molar-refractivity contribution in [2.24, 2.45) is 17.3 Å². The summed E-state index contributed by atoms with van der Waals surface area (Å²) in [5, 5.41) is 17.6. The normalized spacial score (nSPS) is 18.5. The van der Waals surface area contributed by atoms with Crippen LogP contribution in [0.5, 0.6) is 0 Å². The molecule has 8 heteroatoms.